The smallest absolute Gasteiger partial charge is 0.330 e. The van der Waals surface area contributed by atoms with Crippen molar-refractivity contribution in [1.29, 1.82) is 0 Å². The van der Waals surface area contributed by atoms with Gasteiger partial charge in [0.15, 0.2) is 0 Å². The first-order chi connectivity index (χ1) is 7.52. The zero-order valence-electron chi connectivity index (χ0n) is 10.7. The van der Waals surface area contributed by atoms with Crippen molar-refractivity contribution < 1.29 is 14.3 Å². The Morgan fingerprint density at radius 2 is 2.00 bits per heavy atom. The van der Waals surface area contributed by atoms with Crippen LogP contribution in [0, 0.1) is 0 Å². The summed E-state index contributed by atoms with van der Waals surface area (Å²) in [7, 11) is 0. The Morgan fingerprint density at radius 3 is 2.56 bits per heavy atom. The summed E-state index contributed by atoms with van der Waals surface area (Å²) in [5.41, 5.74) is -0.174. The van der Waals surface area contributed by atoms with E-state index in [1.54, 1.807) is 13.0 Å². The van der Waals surface area contributed by atoms with Crippen LogP contribution >= 0.6 is 0 Å². The van der Waals surface area contributed by atoms with Gasteiger partial charge in [0, 0.05) is 25.8 Å². The van der Waals surface area contributed by atoms with Gasteiger partial charge in [0.25, 0.3) is 0 Å². The summed E-state index contributed by atoms with van der Waals surface area (Å²) in [5.74, 6) is -0.298. The van der Waals surface area contributed by atoms with Gasteiger partial charge in [-0.25, -0.2) is 4.79 Å². The fraction of sp³-hybridized carbons (Fsp3) is 0.750. The lowest BCUT2D eigenvalue weighted by atomic mass is 10.1. The Morgan fingerprint density at radius 1 is 1.31 bits per heavy atom. The number of ether oxygens (including phenoxy) is 2. The highest BCUT2D eigenvalue weighted by atomic mass is 16.5. The number of nitrogens with one attached hydrogen (secondary N) is 1. The summed E-state index contributed by atoms with van der Waals surface area (Å²) < 4.78 is 10.3. The van der Waals surface area contributed by atoms with E-state index >= 15 is 0 Å². The molecule has 0 radical (unpaired) electrons. The molecule has 16 heavy (non-hydrogen) atoms. The van der Waals surface area contributed by atoms with Gasteiger partial charge in [-0.05, 0) is 27.7 Å². The Bertz CT molecular complexity index is 224. The van der Waals surface area contributed by atoms with Crippen molar-refractivity contribution in [2.75, 3.05) is 26.3 Å². The third kappa shape index (κ3) is 8.44. The lowest BCUT2D eigenvalue weighted by molar-refractivity contribution is -0.137. The van der Waals surface area contributed by atoms with E-state index in [1.807, 2.05) is 20.8 Å². The maximum absolute atomic E-state index is 10.9. The summed E-state index contributed by atoms with van der Waals surface area (Å²) >= 11 is 0. The van der Waals surface area contributed by atoms with E-state index in [9.17, 15) is 4.79 Å². The Kier molecular flexibility index (Phi) is 7.85. The van der Waals surface area contributed by atoms with Gasteiger partial charge in [-0.2, -0.15) is 0 Å². The molecule has 0 saturated carbocycles. The lowest BCUT2D eigenvalue weighted by Gasteiger charge is -2.24. The molecule has 0 fully saturated rings. The van der Waals surface area contributed by atoms with Crippen LogP contribution in [0.25, 0.3) is 0 Å². The predicted molar refractivity (Wildman–Crippen MR) is 64.3 cm³/mol. The quantitative estimate of drug-likeness (QED) is 0.389. The number of carbonyl (C=O) groups excluding carboxylic acids is 1. The first kappa shape index (κ1) is 15.1. The van der Waals surface area contributed by atoms with Gasteiger partial charge in [-0.1, -0.05) is 6.08 Å². The molecule has 4 nitrogen and oxygen atoms in total. The molecule has 0 bridgehead atoms. The van der Waals surface area contributed by atoms with Gasteiger partial charge in [-0.15, -0.1) is 0 Å². The van der Waals surface area contributed by atoms with Gasteiger partial charge < -0.3 is 14.8 Å². The van der Waals surface area contributed by atoms with Crippen molar-refractivity contribution in [2.45, 2.75) is 33.3 Å². The summed E-state index contributed by atoms with van der Waals surface area (Å²) in [6, 6.07) is 0. The SMILES string of the molecule is CCOC(=O)/C=C/CNCC(C)(C)OCC. The van der Waals surface area contributed by atoms with Crippen LogP contribution in [0.3, 0.4) is 0 Å². The van der Waals surface area contributed by atoms with Gasteiger partial charge in [0.2, 0.25) is 0 Å². The van der Waals surface area contributed by atoms with E-state index in [-0.39, 0.29) is 11.6 Å². The van der Waals surface area contributed by atoms with Gasteiger partial charge in [0.1, 0.15) is 0 Å². The van der Waals surface area contributed by atoms with Gasteiger partial charge in [-0.3, -0.25) is 0 Å². The molecule has 0 heterocycles. The number of hydrogen-bond acceptors (Lipinski definition) is 4. The highest BCUT2D eigenvalue weighted by molar-refractivity contribution is 5.81. The van der Waals surface area contributed by atoms with Crippen molar-refractivity contribution in [2.24, 2.45) is 0 Å². The van der Waals surface area contributed by atoms with Crippen LogP contribution in [0.5, 0.6) is 0 Å². The Hall–Kier alpha value is -0.870. The van der Waals surface area contributed by atoms with Crippen molar-refractivity contribution in [3.63, 3.8) is 0 Å². The molecule has 0 amide bonds. The molecule has 0 aromatic carbocycles. The molecule has 1 N–H and O–H groups in total. The Labute approximate surface area is 98.0 Å². The van der Waals surface area contributed by atoms with E-state index < -0.39 is 0 Å². The van der Waals surface area contributed by atoms with E-state index in [1.165, 1.54) is 6.08 Å². The molecule has 0 spiro atoms. The second-order valence-corrected chi connectivity index (χ2v) is 3.98. The predicted octanol–water partition coefficient (Wildman–Crippen LogP) is 1.51. The van der Waals surface area contributed by atoms with E-state index in [0.717, 1.165) is 6.54 Å². The molecule has 0 saturated heterocycles. The molecule has 0 atom stereocenters. The average molecular weight is 229 g/mol. The Balaban J connectivity index is 3.63. The van der Waals surface area contributed by atoms with Crippen LogP contribution in [-0.4, -0.2) is 37.9 Å². The number of esters is 1. The standard InChI is InChI=1S/C12H23NO3/c1-5-15-11(14)8-7-9-13-10-12(3,4)16-6-2/h7-8,13H,5-6,9-10H2,1-4H3/b8-7+. The fourth-order valence-electron chi connectivity index (χ4n) is 1.24. The average Bonchev–Trinajstić information content (AvgIpc) is 2.17. The maximum Gasteiger partial charge on any atom is 0.330 e. The molecule has 4 heteroatoms. The second-order valence-electron chi connectivity index (χ2n) is 3.98. The first-order valence-corrected chi connectivity index (χ1v) is 5.69. The normalized spacial score (nSPS) is 12.0. The maximum atomic E-state index is 10.9. The van der Waals surface area contributed by atoms with Crippen LogP contribution in [0.4, 0.5) is 0 Å². The zero-order valence-corrected chi connectivity index (χ0v) is 10.7. The number of hydrogen-bond donors (Lipinski definition) is 1. The molecule has 0 unspecified atom stereocenters. The summed E-state index contributed by atoms with van der Waals surface area (Å²) in [6.45, 7) is 10.3. The lowest BCUT2D eigenvalue weighted by Crippen LogP contribution is -2.37. The first-order valence-electron chi connectivity index (χ1n) is 5.69. The molecular weight excluding hydrogens is 206 g/mol. The van der Waals surface area contributed by atoms with Crippen molar-refractivity contribution in [3.8, 4) is 0 Å². The molecule has 0 aromatic rings. The molecule has 0 aliphatic carbocycles. The molecule has 0 rings (SSSR count). The fourth-order valence-corrected chi connectivity index (χ4v) is 1.24. The topological polar surface area (TPSA) is 47.6 Å². The van der Waals surface area contributed by atoms with E-state index in [0.29, 0.717) is 19.8 Å². The summed E-state index contributed by atoms with van der Waals surface area (Å²) in [5, 5.41) is 3.19. The number of rotatable bonds is 8. The van der Waals surface area contributed by atoms with Gasteiger partial charge in [0.05, 0.1) is 12.2 Å². The zero-order chi connectivity index (χ0) is 12.4. The molecule has 94 valence electrons. The highest BCUT2D eigenvalue weighted by Gasteiger charge is 2.15. The summed E-state index contributed by atoms with van der Waals surface area (Å²) in [6.07, 6.45) is 3.18. The minimum absolute atomic E-state index is 0.174. The highest BCUT2D eigenvalue weighted by Crippen LogP contribution is 2.06. The van der Waals surface area contributed by atoms with E-state index in [2.05, 4.69) is 5.32 Å². The van der Waals surface area contributed by atoms with Crippen molar-refractivity contribution >= 4 is 5.97 Å². The molecule has 0 aromatic heterocycles. The minimum Gasteiger partial charge on any atom is -0.463 e. The van der Waals surface area contributed by atoms with Crippen LogP contribution in [-0.2, 0) is 14.3 Å². The third-order valence-corrected chi connectivity index (χ3v) is 1.89. The summed E-state index contributed by atoms with van der Waals surface area (Å²) in [4.78, 5) is 10.9. The third-order valence-electron chi connectivity index (χ3n) is 1.89. The molecule has 0 aliphatic rings. The van der Waals surface area contributed by atoms with E-state index in [4.69, 9.17) is 9.47 Å². The van der Waals surface area contributed by atoms with Crippen LogP contribution < -0.4 is 5.32 Å². The van der Waals surface area contributed by atoms with Crippen LogP contribution in [0.1, 0.15) is 27.7 Å². The van der Waals surface area contributed by atoms with Crippen LogP contribution in [0.2, 0.25) is 0 Å². The van der Waals surface area contributed by atoms with Gasteiger partial charge >= 0.3 is 5.97 Å². The van der Waals surface area contributed by atoms with Crippen LogP contribution in [0.15, 0.2) is 12.2 Å². The molecular formula is C12H23NO3. The minimum atomic E-state index is -0.298. The van der Waals surface area contributed by atoms with Crippen molar-refractivity contribution in [3.05, 3.63) is 12.2 Å². The molecule has 0 aliphatic heterocycles. The second kappa shape index (κ2) is 8.30. The van der Waals surface area contributed by atoms with Crippen molar-refractivity contribution in [1.82, 2.24) is 5.32 Å². The largest absolute Gasteiger partial charge is 0.463 e. The number of carbonyl (C=O) groups is 1. The monoisotopic (exact) mass is 229 g/mol.